The summed E-state index contributed by atoms with van der Waals surface area (Å²) >= 11 is 4.60. The van der Waals surface area contributed by atoms with Crippen LogP contribution in [0, 0.1) is 11.3 Å². The van der Waals surface area contributed by atoms with Crippen LogP contribution < -0.4 is 0 Å². The number of aliphatic carboxylic acids is 1. The molecule has 0 aliphatic carbocycles. The Kier molecular flexibility index (Phi) is 3.23. The maximum atomic E-state index is 10.4. The summed E-state index contributed by atoms with van der Waals surface area (Å²) in [7, 11) is 0. The van der Waals surface area contributed by atoms with Gasteiger partial charge in [0.25, 0.3) is 0 Å². The highest BCUT2D eigenvalue weighted by molar-refractivity contribution is 9.10. The zero-order valence-electron chi connectivity index (χ0n) is 6.32. The van der Waals surface area contributed by atoms with Crippen molar-refractivity contribution in [3.63, 3.8) is 0 Å². The largest absolute Gasteiger partial charge is 0.477 e. The number of hydrogen-bond acceptors (Lipinski definition) is 3. The van der Waals surface area contributed by atoms with Crippen LogP contribution in [0.5, 0.6) is 0 Å². The monoisotopic (exact) mass is 257 g/mol. The molecule has 0 bridgehead atoms. The molecule has 0 spiro atoms. The van der Waals surface area contributed by atoms with Gasteiger partial charge in [0.05, 0.1) is 0 Å². The van der Waals surface area contributed by atoms with Gasteiger partial charge in [0.1, 0.15) is 11.6 Å². The van der Waals surface area contributed by atoms with Crippen molar-refractivity contribution in [1.82, 2.24) is 0 Å². The van der Waals surface area contributed by atoms with E-state index in [0.717, 1.165) is 9.35 Å². The molecular formula is C8H4BrNO2S. The summed E-state index contributed by atoms with van der Waals surface area (Å²) in [6.07, 6.45) is 1.34. The second-order valence-electron chi connectivity index (χ2n) is 2.14. The minimum atomic E-state index is -1.20. The molecule has 1 aromatic heterocycles. The molecule has 0 saturated carbocycles. The van der Waals surface area contributed by atoms with Crippen LogP contribution in [0.1, 0.15) is 4.88 Å². The molecule has 0 atom stereocenters. The fourth-order valence-electron chi connectivity index (χ4n) is 0.688. The Balaban J connectivity index is 3.00. The molecule has 1 aromatic rings. The van der Waals surface area contributed by atoms with Crippen LogP contribution in [-0.4, -0.2) is 11.1 Å². The van der Waals surface area contributed by atoms with E-state index in [1.54, 1.807) is 12.1 Å². The summed E-state index contributed by atoms with van der Waals surface area (Å²) in [6, 6.07) is 3.37. The first kappa shape index (κ1) is 9.96. The highest BCUT2D eigenvalue weighted by atomic mass is 79.9. The van der Waals surface area contributed by atoms with Crippen molar-refractivity contribution in [1.29, 1.82) is 5.26 Å². The molecule has 5 heteroatoms. The average molecular weight is 258 g/mol. The lowest BCUT2D eigenvalue weighted by molar-refractivity contribution is -0.132. The zero-order valence-corrected chi connectivity index (χ0v) is 8.72. The zero-order chi connectivity index (χ0) is 9.84. The molecule has 0 unspecified atom stereocenters. The lowest BCUT2D eigenvalue weighted by Crippen LogP contribution is -1.96. The van der Waals surface area contributed by atoms with Crippen LogP contribution in [-0.2, 0) is 4.79 Å². The van der Waals surface area contributed by atoms with Gasteiger partial charge in [-0.15, -0.1) is 11.3 Å². The highest BCUT2D eigenvalue weighted by Gasteiger charge is 2.06. The van der Waals surface area contributed by atoms with E-state index in [-0.39, 0.29) is 5.57 Å². The summed E-state index contributed by atoms with van der Waals surface area (Å²) in [5, 5.41) is 18.8. The summed E-state index contributed by atoms with van der Waals surface area (Å²) in [5.41, 5.74) is -0.255. The van der Waals surface area contributed by atoms with Gasteiger partial charge in [0.2, 0.25) is 0 Å². The van der Waals surface area contributed by atoms with E-state index in [0.29, 0.717) is 0 Å². The van der Waals surface area contributed by atoms with Gasteiger partial charge in [-0.3, -0.25) is 0 Å². The number of carbonyl (C=O) groups is 1. The Labute approximate surface area is 87.1 Å². The normalized spacial score (nSPS) is 10.9. The lowest BCUT2D eigenvalue weighted by atomic mass is 10.2. The Hall–Kier alpha value is -1.12. The van der Waals surface area contributed by atoms with E-state index in [9.17, 15) is 4.79 Å². The molecule has 0 amide bonds. The summed E-state index contributed by atoms with van der Waals surface area (Å²) in [4.78, 5) is 11.2. The van der Waals surface area contributed by atoms with Crippen molar-refractivity contribution < 1.29 is 9.90 Å². The molecule has 3 nitrogen and oxygen atoms in total. The summed E-state index contributed by atoms with van der Waals surface area (Å²) < 4.78 is 0.881. The number of thiophene rings is 1. The van der Waals surface area contributed by atoms with Crippen LogP contribution >= 0.6 is 27.3 Å². The highest BCUT2D eigenvalue weighted by Crippen LogP contribution is 2.21. The fourth-order valence-corrected chi connectivity index (χ4v) is 2.06. The van der Waals surface area contributed by atoms with Crippen molar-refractivity contribution in [2.45, 2.75) is 0 Å². The number of nitriles is 1. The van der Waals surface area contributed by atoms with Gasteiger partial charge in [-0.2, -0.15) is 5.26 Å². The van der Waals surface area contributed by atoms with Gasteiger partial charge in [-0.05, 0) is 28.1 Å². The van der Waals surface area contributed by atoms with Gasteiger partial charge in [0.15, 0.2) is 0 Å². The maximum absolute atomic E-state index is 10.4. The third kappa shape index (κ3) is 2.68. The van der Waals surface area contributed by atoms with Gasteiger partial charge >= 0.3 is 5.97 Å². The molecule has 1 heterocycles. The summed E-state index contributed by atoms with van der Waals surface area (Å²) in [6.45, 7) is 0. The Morgan fingerprint density at radius 1 is 1.77 bits per heavy atom. The molecule has 0 aromatic carbocycles. The number of nitrogens with zero attached hydrogens (tertiary/aromatic N) is 1. The molecule has 0 saturated heterocycles. The Morgan fingerprint density at radius 3 is 2.85 bits per heavy atom. The molecule has 0 aliphatic heterocycles. The summed E-state index contributed by atoms with van der Waals surface area (Å²) in [5.74, 6) is -1.20. The van der Waals surface area contributed by atoms with E-state index in [1.165, 1.54) is 17.4 Å². The maximum Gasteiger partial charge on any atom is 0.346 e. The first-order valence-electron chi connectivity index (χ1n) is 3.22. The third-order valence-corrected chi connectivity index (χ3v) is 2.87. The van der Waals surface area contributed by atoms with Crippen LogP contribution in [0.3, 0.4) is 0 Å². The van der Waals surface area contributed by atoms with E-state index in [4.69, 9.17) is 10.4 Å². The first-order chi connectivity index (χ1) is 6.13. The number of rotatable bonds is 2. The van der Waals surface area contributed by atoms with Gasteiger partial charge < -0.3 is 5.11 Å². The Morgan fingerprint density at radius 2 is 2.46 bits per heavy atom. The molecule has 1 N–H and O–H groups in total. The quantitative estimate of drug-likeness (QED) is 0.654. The van der Waals surface area contributed by atoms with Crippen molar-refractivity contribution in [2.75, 3.05) is 0 Å². The van der Waals surface area contributed by atoms with Crippen molar-refractivity contribution in [3.05, 3.63) is 26.4 Å². The molecule has 13 heavy (non-hydrogen) atoms. The predicted octanol–water partition coefficient (Wildman–Crippen LogP) is 2.50. The number of carboxylic acid groups (broad SMARTS) is 1. The smallest absolute Gasteiger partial charge is 0.346 e. The molecule has 0 aliphatic rings. The van der Waals surface area contributed by atoms with Crippen LogP contribution in [0.2, 0.25) is 0 Å². The third-order valence-electron chi connectivity index (χ3n) is 1.23. The van der Waals surface area contributed by atoms with Crippen molar-refractivity contribution in [2.24, 2.45) is 0 Å². The fraction of sp³-hybridized carbons (Fsp3) is 0. The number of hydrogen-bond donors (Lipinski definition) is 1. The van der Waals surface area contributed by atoms with E-state index < -0.39 is 5.97 Å². The second-order valence-corrected chi connectivity index (χ2v) is 4.00. The molecule has 66 valence electrons. The minimum absolute atomic E-state index is 0.255. The molecule has 1 rings (SSSR count). The molecule has 0 fully saturated rings. The van der Waals surface area contributed by atoms with Crippen LogP contribution in [0.25, 0.3) is 6.08 Å². The topological polar surface area (TPSA) is 61.1 Å². The SMILES string of the molecule is N#C/C(=C\c1cc(Br)cs1)C(=O)O. The van der Waals surface area contributed by atoms with Crippen LogP contribution in [0.15, 0.2) is 21.5 Å². The minimum Gasteiger partial charge on any atom is -0.477 e. The number of halogens is 1. The molecular weight excluding hydrogens is 254 g/mol. The van der Waals surface area contributed by atoms with E-state index >= 15 is 0 Å². The van der Waals surface area contributed by atoms with Crippen LogP contribution in [0.4, 0.5) is 0 Å². The van der Waals surface area contributed by atoms with Gasteiger partial charge in [-0.25, -0.2) is 4.79 Å². The average Bonchev–Trinajstić information content (AvgIpc) is 2.46. The van der Waals surface area contributed by atoms with Gasteiger partial charge in [0, 0.05) is 14.7 Å². The Bertz CT molecular complexity index is 403. The van der Waals surface area contributed by atoms with E-state index in [1.807, 2.05) is 5.38 Å². The van der Waals surface area contributed by atoms with Crippen molar-refractivity contribution >= 4 is 39.3 Å². The second kappa shape index (κ2) is 4.21. The van der Waals surface area contributed by atoms with Gasteiger partial charge in [-0.1, -0.05) is 0 Å². The predicted molar refractivity (Wildman–Crippen MR) is 53.2 cm³/mol. The van der Waals surface area contributed by atoms with Crippen molar-refractivity contribution in [3.8, 4) is 6.07 Å². The standard InChI is InChI=1S/C8H4BrNO2S/c9-6-2-7(13-4-6)1-5(3-10)8(11)12/h1-2,4H,(H,11,12)/b5-1+. The van der Waals surface area contributed by atoms with E-state index in [2.05, 4.69) is 15.9 Å². The molecule has 0 radical (unpaired) electrons. The lowest BCUT2D eigenvalue weighted by Gasteiger charge is -1.86. The first-order valence-corrected chi connectivity index (χ1v) is 4.90. The number of carboxylic acids is 1.